The summed E-state index contributed by atoms with van der Waals surface area (Å²) in [5.41, 5.74) is 4.74. The molecule has 2 aromatic rings. The first kappa shape index (κ1) is 25.1. The summed E-state index contributed by atoms with van der Waals surface area (Å²) in [5, 5.41) is 11.1. The molecular weight excluding hydrogens is 486 g/mol. The van der Waals surface area contributed by atoms with E-state index in [4.69, 9.17) is 25.8 Å². The van der Waals surface area contributed by atoms with Crippen LogP contribution in [0.1, 0.15) is 55.2 Å². The lowest BCUT2D eigenvalue weighted by Crippen LogP contribution is -2.50. The third-order valence-corrected chi connectivity index (χ3v) is 9.54. The highest BCUT2D eigenvalue weighted by molar-refractivity contribution is 6.30. The van der Waals surface area contributed by atoms with Crippen molar-refractivity contribution in [2.45, 2.75) is 62.6 Å². The fraction of sp³-hybridized carbons (Fsp3) is 0.548. The maximum absolute atomic E-state index is 10.3. The number of fused-ring (bicyclic) bond motifs is 3. The van der Waals surface area contributed by atoms with Crippen molar-refractivity contribution in [1.29, 1.82) is 0 Å². The smallest absolute Gasteiger partial charge is 0.142 e. The lowest BCUT2D eigenvalue weighted by atomic mass is 9.67. The minimum Gasteiger partial charge on any atom is -0.497 e. The number of aliphatic hydroxyl groups is 1. The predicted octanol–water partition coefficient (Wildman–Crippen LogP) is 6.00. The van der Waals surface area contributed by atoms with Gasteiger partial charge in [-0.2, -0.15) is 0 Å². The van der Waals surface area contributed by atoms with Gasteiger partial charge in [0.2, 0.25) is 0 Å². The molecule has 6 rings (SSSR count). The molecule has 1 saturated carbocycles. The van der Waals surface area contributed by atoms with E-state index >= 15 is 0 Å². The van der Waals surface area contributed by atoms with Crippen LogP contribution >= 0.6 is 11.6 Å². The molecule has 0 radical (unpaired) electrons. The zero-order chi connectivity index (χ0) is 25.6. The SMILES string of the molecule is C=C(OC)c1ccc2c(c1)N(C[C@@H]1CC[C@H]1[C@@H]1C[C@H](O)CCO1)C[C@@]1(CCCc3cc(Cl)ccc31)CO2. The second-order valence-electron chi connectivity index (χ2n) is 11.5. The van der Waals surface area contributed by atoms with E-state index < -0.39 is 0 Å². The number of aliphatic hydroxyl groups excluding tert-OH is 1. The van der Waals surface area contributed by atoms with Gasteiger partial charge in [-0.05, 0) is 98.2 Å². The number of aryl methyl sites for hydroxylation is 1. The highest BCUT2D eigenvalue weighted by Crippen LogP contribution is 2.47. The van der Waals surface area contributed by atoms with Gasteiger partial charge in [-0.3, -0.25) is 0 Å². The molecule has 2 aliphatic carbocycles. The largest absolute Gasteiger partial charge is 0.497 e. The van der Waals surface area contributed by atoms with Gasteiger partial charge in [0.15, 0.2) is 0 Å². The van der Waals surface area contributed by atoms with Gasteiger partial charge in [0.25, 0.3) is 0 Å². The van der Waals surface area contributed by atoms with E-state index in [9.17, 15) is 5.11 Å². The molecule has 5 atom stereocenters. The van der Waals surface area contributed by atoms with Crippen molar-refractivity contribution in [3.05, 3.63) is 64.7 Å². The van der Waals surface area contributed by atoms with Gasteiger partial charge in [0.05, 0.1) is 31.6 Å². The van der Waals surface area contributed by atoms with Crippen molar-refractivity contribution >= 4 is 23.0 Å². The molecule has 1 N–H and O–H groups in total. The van der Waals surface area contributed by atoms with Gasteiger partial charge in [-0.25, -0.2) is 0 Å². The van der Waals surface area contributed by atoms with Crippen molar-refractivity contribution in [3.63, 3.8) is 0 Å². The minimum atomic E-state index is -0.233. The molecule has 2 aliphatic heterocycles. The van der Waals surface area contributed by atoms with E-state index in [-0.39, 0.29) is 17.6 Å². The first-order valence-corrected chi connectivity index (χ1v) is 14.2. The van der Waals surface area contributed by atoms with E-state index in [1.54, 1.807) is 7.11 Å². The summed E-state index contributed by atoms with van der Waals surface area (Å²) < 4.78 is 18.2. The standard InChI is InChI=1S/C31H38ClNO4/c1-20(35-2)21-6-10-29-28(15-21)33(17-23-5-8-26(23)30-16-25(34)11-13-36-30)18-31(19-37-29)12-3-4-22-14-24(32)7-9-27(22)31/h6-7,9-10,14-15,23,25-26,30,34H,1,3-5,8,11-13,16-19H2,2H3/t23-,25+,26+,30-,31-/m0/s1. The normalized spacial score (nSPS) is 30.9. The van der Waals surface area contributed by atoms with Gasteiger partial charge >= 0.3 is 0 Å². The highest BCUT2D eigenvalue weighted by Gasteiger charge is 2.45. The Kier molecular flexibility index (Phi) is 6.89. The van der Waals surface area contributed by atoms with Gasteiger partial charge < -0.3 is 24.2 Å². The number of benzene rings is 2. The first-order chi connectivity index (χ1) is 18.0. The van der Waals surface area contributed by atoms with Crippen molar-refractivity contribution in [2.24, 2.45) is 11.8 Å². The van der Waals surface area contributed by atoms with Crippen molar-refractivity contribution in [3.8, 4) is 5.75 Å². The number of rotatable bonds is 5. The first-order valence-electron chi connectivity index (χ1n) is 13.8. The molecule has 6 heteroatoms. The fourth-order valence-corrected chi connectivity index (χ4v) is 7.30. The average Bonchev–Trinajstić information content (AvgIpc) is 3.03. The van der Waals surface area contributed by atoms with Crippen LogP contribution < -0.4 is 9.64 Å². The number of nitrogens with zero attached hydrogens (tertiary/aromatic N) is 1. The summed E-state index contributed by atoms with van der Waals surface area (Å²) in [7, 11) is 1.67. The third kappa shape index (κ3) is 4.75. The Morgan fingerprint density at radius 1 is 1.22 bits per heavy atom. The van der Waals surface area contributed by atoms with E-state index in [2.05, 4.69) is 35.7 Å². The molecule has 0 unspecified atom stereocenters. The molecule has 0 bridgehead atoms. The molecule has 0 amide bonds. The number of halogens is 1. The Morgan fingerprint density at radius 2 is 2.11 bits per heavy atom. The molecule has 5 nitrogen and oxygen atoms in total. The molecule has 2 heterocycles. The molecule has 2 aromatic carbocycles. The van der Waals surface area contributed by atoms with Gasteiger partial charge in [-0.15, -0.1) is 0 Å². The molecule has 198 valence electrons. The van der Waals surface area contributed by atoms with Crippen LogP contribution in [0.3, 0.4) is 0 Å². The van der Waals surface area contributed by atoms with Crippen LogP contribution in [0.25, 0.3) is 5.76 Å². The Morgan fingerprint density at radius 3 is 2.89 bits per heavy atom. The second-order valence-corrected chi connectivity index (χ2v) is 11.9. The fourth-order valence-electron chi connectivity index (χ4n) is 7.11. The Labute approximate surface area is 225 Å². The van der Waals surface area contributed by atoms with Crippen LogP contribution in [0.2, 0.25) is 5.02 Å². The van der Waals surface area contributed by atoms with Gasteiger partial charge in [0, 0.05) is 35.7 Å². The van der Waals surface area contributed by atoms with Crippen molar-refractivity contribution in [1.82, 2.24) is 0 Å². The maximum atomic E-state index is 10.3. The second kappa shape index (κ2) is 10.2. The molecule has 2 fully saturated rings. The zero-order valence-electron chi connectivity index (χ0n) is 21.8. The van der Waals surface area contributed by atoms with Crippen molar-refractivity contribution in [2.75, 3.05) is 38.3 Å². The monoisotopic (exact) mass is 523 g/mol. The molecule has 1 saturated heterocycles. The Balaban J connectivity index is 1.35. The average molecular weight is 524 g/mol. The topological polar surface area (TPSA) is 51.2 Å². The lowest BCUT2D eigenvalue weighted by Gasteiger charge is -2.47. The minimum absolute atomic E-state index is 0.0909. The summed E-state index contributed by atoms with van der Waals surface area (Å²) in [5.74, 6) is 2.60. The van der Waals surface area contributed by atoms with E-state index in [0.29, 0.717) is 30.8 Å². The Hall–Kier alpha value is -2.21. The number of ether oxygens (including phenoxy) is 3. The molecular formula is C31H38ClNO4. The van der Waals surface area contributed by atoms with Crippen LogP contribution in [0, 0.1) is 11.8 Å². The summed E-state index contributed by atoms with van der Waals surface area (Å²) in [6, 6.07) is 12.7. The van der Waals surface area contributed by atoms with Crippen LogP contribution in [-0.2, 0) is 21.3 Å². The molecule has 37 heavy (non-hydrogen) atoms. The number of hydrogen-bond acceptors (Lipinski definition) is 5. The Bertz CT molecular complexity index is 1170. The van der Waals surface area contributed by atoms with Crippen LogP contribution in [0.4, 0.5) is 5.69 Å². The highest BCUT2D eigenvalue weighted by atomic mass is 35.5. The summed E-state index contributed by atoms with van der Waals surface area (Å²) in [6.45, 7) is 7.26. The summed E-state index contributed by atoms with van der Waals surface area (Å²) >= 11 is 6.40. The van der Waals surface area contributed by atoms with Gasteiger partial charge in [0.1, 0.15) is 11.5 Å². The number of hydrogen-bond donors (Lipinski definition) is 1. The molecule has 0 aromatic heterocycles. The third-order valence-electron chi connectivity index (χ3n) is 9.30. The zero-order valence-corrected chi connectivity index (χ0v) is 22.5. The van der Waals surface area contributed by atoms with E-state index in [0.717, 1.165) is 67.2 Å². The van der Waals surface area contributed by atoms with Gasteiger partial charge in [-0.1, -0.05) is 24.2 Å². The summed E-state index contributed by atoms with van der Waals surface area (Å²) in [6.07, 6.45) is 7.10. The summed E-state index contributed by atoms with van der Waals surface area (Å²) in [4.78, 5) is 2.56. The quantitative estimate of drug-likeness (QED) is 0.487. The molecule has 1 spiro atoms. The number of anilines is 1. The maximum Gasteiger partial charge on any atom is 0.142 e. The van der Waals surface area contributed by atoms with E-state index in [1.807, 2.05) is 12.1 Å². The predicted molar refractivity (Wildman–Crippen MR) is 147 cm³/mol. The lowest BCUT2D eigenvalue weighted by molar-refractivity contribution is -0.101. The van der Waals surface area contributed by atoms with Crippen LogP contribution in [0.15, 0.2) is 43.0 Å². The van der Waals surface area contributed by atoms with Crippen LogP contribution in [-0.4, -0.2) is 50.7 Å². The number of methoxy groups -OCH3 is 1. The van der Waals surface area contributed by atoms with Crippen LogP contribution in [0.5, 0.6) is 5.75 Å². The van der Waals surface area contributed by atoms with E-state index in [1.165, 1.54) is 24.0 Å². The van der Waals surface area contributed by atoms with Crippen molar-refractivity contribution < 1.29 is 19.3 Å². The molecule has 4 aliphatic rings.